The maximum atomic E-state index is 6.59. The summed E-state index contributed by atoms with van der Waals surface area (Å²) in [6.07, 6.45) is 7.93. The number of allylic oxidation sites excluding steroid dienone is 2. The molecule has 1 atom stereocenters. The Bertz CT molecular complexity index is 3540. The van der Waals surface area contributed by atoms with Crippen molar-refractivity contribution < 1.29 is 4.42 Å². The van der Waals surface area contributed by atoms with Crippen LogP contribution in [0.4, 0.5) is 11.4 Å². The van der Waals surface area contributed by atoms with Gasteiger partial charge in [0.25, 0.3) is 0 Å². The van der Waals surface area contributed by atoms with Crippen LogP contribution in [-0.4, -0.2) is 10.6 Å². The van der Waals surface area contributed by atoms with Crippen LogP contribution >= 0.6 is 0 Å². The zero-order valence-corrected chi connectivity index (χ0v) is 34.6. The molecule has 0 spiro atoms. The molecule has 1 unspecified atom stereocenters. The molecule has 3 heteroatoms. The number of furan rings is 1. The number of para-hydroxylation sites is 3. The summed E-state index contributed by atoms with van der Waals surface area (Å²) in [5.41, 5.74) is 17.1. The third-order valence-electron chi connectivity index (χ3n) is 12.7. The molecule has 0 N–H and O–H groups in total. The summed E-state index contributed by atoms with van der Waals surface area (Å²) in [5, 5.41) is 4.69. The lowest BCUT2D eigenvalue weighted by Crippen LogP contribution is -2.30. The first-order valence-electron chi connectivity index (χ1n) is 21.8. The molecule has 2 heterocycles. The maximum Gasteiger partial charge on any atom is 0.159 e. The third kappa shape index (κ3) is 6.45. The fourth-order valence-corrected chi connectivity index (χ4v) is 9.75. The monoisotopic (exact) mass is 806 g/mol. The Kier molecular flexibility index (Phi) is 8.97. The van der Waals surface area contributed by atoms with Crippen LogP contribution < -0.4 is 4.90 Å². The standard InChI is InChI=1S/C60H42N2O/c1-3-15-41(16-4-1)43-31-35-48(36-32-43)61(49-37-33-44(34-38-49)42-17-5-2-6-18-42)50-22-12-20-46(40-50)45-19-11-21-47(39-45)51-25-13-28-56-59(51)54-24-7-9-27-55(54)62(56)57-29-14-26-53-52-23-8-10-30-58(52)63-60(53)57/h1-37,39-40,49H,38H2. The molecule has 1 aliphatic carbocycles. The van der Waals surface area contributed by atoms with E-state index in [1.54, 1.807) is 0 Å². The highest BCUT2D eigenvalue weighted by atomic mass is 16.3. The average Bonchev–Trinajstić information content (AvgIpc) is 3.92. The van der Waals surface area contributed by atoms with Crippen molar-refractivity contribution in [2.24, 2.45) is 0 Å². The topological polar surface area (TPSA) is 21.3 Å². The van der Waals surface area contributed by atoms with Gasteiger partial charge in [-0.05, 0) is 106 Å². The molecule has 0 saturated heterocycles. The molecule has 0 fully saturated rings. The quantitative estimate of drug-likeness (QED) is 0.153. The molecule has 63 heavy (non-hydrogen) atoms. The van der Waals surface area contributed by atoms with Crippen molar-refractivity contribution in [2.75, 3.05) is 4.90 Å². The number of hydrogen-bond acceptors (Lipinski definition) is 2. The summed E-state index contributed by atoms with van der Waals surface area (Å²) in [7, 11) is 0. The van der Waals surface area contributed by atoms with Gasteiger partial charge in [0.15, 0.2) is 5.58 Å². The van der Waals surface area contributed by atoms with Crippen molar-refractivity contribution in [1.29, 1.82) is 0 Å². The van der Waals surface area contributed by atoms with Crippen LogP contribution in [0.15, 0.2) is 241 Å². The number of aromatic nitrogens is 1. The van der Waals surface area contributed by atoms with E-state index < -0.39 is 0 Å². The fraction of sp³-hybridized carbons (Fsp3) is 0.0333. The SMILES string of the molecule is C1=CC(N(c2ccc(-c3ccccc3)cc2)c2cccc(-c3cccc(-c4cccc5c4c4ccccc4n5-c4cccc5c4oc4ccccc45)c3)c2)CC=C1c1ccccc1. The van der Waals surface area contributed by atoms with Gasteiger partial charge < -0.3 is 13.9 Å². The van der Waals surface area contributed by atoms with Crippen LogP contribution in [0.25, 0.3) is 88.4 Å². The first-order valence-corrected chi connectivity index (χ1v) is 21.8. The third-order valence-corrected chi connectivity index (χ3v) is 12.7. The molecule has 0 aliphatic heterocycles. The summed E-state index contributed by atoms with van der Waals surface area (Å²) in [4.78, 5) is 2.50. The van der Waals surface area contributed by atoms with Crippen LogP contribution in [-0.2, 0) is 0 Å². The number of rotatable bonds is 8. The largest absolute Gasteiger partial charge is 0.454 e. The highest BCUT2D eigenvalue weighted by molar-refractivity contribution is 6.17. The second kappa shape index (κ2) is 15.4. The Morgan fingerprint density at radius 1 is 0.444 bits per heavy atom. The molecule has 3 nitrogen and oxygen atoms in total. The van der Waals surface area contributed by atoms with E-state index in [1.807, 2.05) is 6.07 Å². The van der Waals surface area contributed by atoms with Crippen LogP contribution in [0.3, 0.4) is 0 Å². The van der Waals surface area contributed by atoms with Gasteiger partial charge >= 0.3 is 0 Å². The van der Waals surface area contributed by atoms with Crippen molar-refractivity contribution in [2.45, 2.75) is 12.5 Å². The number of anilines is 2. The summed E-state index contributed by atoms with van der Waals surface area (Å²) < 4.78 is 8.97. The van der Waals surface area contributed by atoms with Gasteiger partial charge in [0.2, 0.25) is 0 Å². The summed E-state index contributed by atoms with van der Waals surface area (Å²) in [5.74, 6) is 0. The predicted molar refractivity (Wildman–Crippen MR) is 265 cm³/mol. The van der Waals surface area contributed by atoms with Gasteiger partial charge in [-0.2, -0.15) is 0 Å². The zero-order chi connectivity index (χ0) is 41.7. The molecule has 298 valence electrons. The Morgan fingerprint density at radius 3 is 1.87 bits per heavy atom. The van der Waals surface area contributed by atoms with Crippen LogP contribution in [0, 0.1) is 0 Å². The van der Waals surface area contributed by atoms with Gasteiger partial charge in [-0.3, -0.25) is 0 Å². The molecule has 11 aromatic rings. The fourth-order valence-electron chi connectivity index (χ4n) is 9.75. The van der Waals surface area contributed by atoms with Crippen molar-refractivity contribution in [3.63, 3.8) is 0 Å². The molecule has 0 saturated carbocycles. The van der Waals surface area contributed by atoms with Crippen molar-refractivity contribution >= 4 is 60.7 Å². The molecule has 9 aromatic carbocycles. The number of nitrogens with zero attached hydrogens (tertiary/aromatic N) is 2. The Balaban J connectivity index is 0.948. The first kappa shape index (κ1) is 36.7. The second-order valence-corrected chi connectivity index (χ2v) is 16.4. The minimum atomic E-state index is 0.141. The zero-order valence-electron chi connectivity index (χ0n) is 34.6. The molecule has 0 radical (unpaired) electrons. The summed E-state index contributed by atoms with van der Waals surface area (Å²) in [6, 6.07) is 78.8. The number of benzene rings is 9. The van der Waals surface area contributed by atoms with E-state index >= 15 is 0 Å². The van der Waals surface area contributed by atoms with E-state index in [-0.39, 0.29) is 6.04 Å². The van der Waals surface area contributed by atoms with Gasteiger partial charge in [0.05, 0.1) is 22.8 Å². The van der Waals surface area contributed by atoms with E-state index in [0.717, 1.165) is 56.5 Å². The van der Waals surface area contributed by atoms with Crippen molar-refractivity contribution in [3.8, 4) is 39.1 Å². The molecular weight excluding hydrogens is 765 g/mol. The lowest BCUT2D eigenvalue weighted by atomic mass is 9.94. The summed E-state index contributed by atoms with van der Waals surface area (Å²) >= 11 is 0. The number of hydrogen-bond donors (Lipinski definition) is 0. The normalized spacial score (nSPS) is 13.8. The van der Waals surface area contributed by atoms with Gasteiger partial charge in [-0.25, -0.2) is 0 Å². The van der Waals surface area contributed by atoms with Crippen molar-refractivity contribution in [1.82, 2.24) is 4.57 Å². The second-order valence-electron chi connectivity index (χ2n) is 16.4. The van der Waals surface area contributed by atoms with E-state index in [4.69, 9.17) is 4.42 Å². The van der Waals surface area contributed by atoms with Crippen LogP contribution in [0.1, 0.15) is 12.0 Å². The molecule has 0 bridgehead atoms. The molecular formula is C60H42N2O. The molecule has 12 rings (SSSR count). The highest BCUT2D eigenvalue weighted by Gasteiger charge is 2.23. The minimum Gasteiger partial charge on any atom is -0.454 e. The highest BCUT2D eigenvalue weighted by Crippen LogP contribution is 2.43. The van der Waals surface area contributed by atoms with E-state index in [9.17, 15) is 0 Å². The first-order chi connectivity index (χ1) is 31.2. The van der Waals surface area contributed by atoms with E-state index in [2.05, 4.69) is 240 Å². The van der Waals surface area contributed by atoms with Gasteiger partial charge in [0.1, 0.15) is 5.58 Å². The van der Waals surface area contributed by atoms with Crippen molar-refractivity contribution in [3.05, 3.63) is 242 Å². The predicted octanol–water partition coefficient (Wildman–Crippen LogP) is 16.2. The van der Waals surface area contributed by atoms with Gasteiger partial charge in [-0.15, -0.1) is 0 Å². The summed E-state index contributed by atoms with van der Waals surface area (Å²) in [6.45, 7) is 0. The minimum absolute atomic E-state index is 0.141. The smallest absolute Gasteiger partial charge is 0.159 e. The molecule has 2 aromatic heterocycles. The Labute approximate surface area is 366 Å². The lowest BCUT2D eigenvalue weighted by Gasteiger charge is -2.33. The van der Waals surface area contributed by atoms with Crippen LogP contribution in [0.2, 0.25) is 0 Å². The van der Waals surface area contributed by atoms with Crippen LogP contribution in [0.5, 0.6) is 0 Å². The molecule has 1 aliphatic rings. The van der Waals surface area contributed by atoms with E-state index in [1.165, 1.54) is 55.3 Å². The average molecular weight is 807 g/mol. The maximum absolute atomic E-state index is 6.59. The Morgan fingerprint density at radius 2 is 1.06 bits per heavy atom. The number of fused-ring (bicyclic) bond motifs is 6. The van der Waals surface area contributed by atoms with E-state index in [0.29, 0.717) is 0 Å². The van der Waals surface area contributed by atoms with Gasteiger partial charge in [-0.1, -0.05) is 182 Å². The lowest BCUT2D eigenvalue weighted by molar-refractivity contribution is 0.666. The Hall–Kier alpha value is -8.14. The van der Waals surface area contributed by atoms with Gasteiger partial charge in [0, 0.05) is 32.9 Å². The molecule has 0 amide bonds.